The maximum absolute atomic E-state index is 14.0. The molecule has 1 atom stereocenters. The van der Waals surface area contributed by atoms with E-state index in [0.29, 0.717) is 11.4 Å². The fourth-order valence-electron chi connectivity index (χ4n) is 4.96. The van der Waals surface area contributed by atoms with E-state index in [0.717, 1.165) is 47.2 Å². The van der Waals surface area contributed by atoms with Gasteiger partial charge in [0.25, 0.3) is 5.91 Å². The first-order valence-electron chi connectivity index (χ1n) is 12.9. The van der Waals surface area contributed by atoms with Gasteiger partial charge >= 0.3 is 0 Å². The molecule has 6 rings (SSSR count). The van der Waals surface area contributed by atoms with Crippen molar-refractivity contribution in [2.45, 2.75) is 51.2 Å². The molecule has 0 saturated heterocycles. The lowest BCUT2D eigenvalue weighted by molar-refractivity contribution is -0.127. The number of hydrogen-bond acceptors (Lipinski definition) is 8. The minimum absolute atomic E-state index is 0.0999. The highest BCUT2D eigenvalue weighted by molar-refractivity contribution is 7.10. The topological polar surface area (TPSA) is 119 Å². The Morgan fingerprint density at radius 1 is 1.15 bits per heavy atom. The number of nitrogens with one attached hydrogen (secondary N) is 1. The van der Waals surface area contributed by atoms with Crippen LogP contribution in [0.15, 0.2) is 70.6 Å². The van der Waals surface area contributed by atoms with Gasteiger partial charge in [-0.15, -0.1) is 21.5 Å². The molecule has 1 N–H and O–H groups in total. The number of nitrogens with zero attached hydrogens (tertiary/aromatic N) is 6. The number of aromatic nitrogens is 5. The van der Waals surface area contributed by atoms with Crippen molar-refractivity contribution in [3.8, 4) is 11.6 Å². The van der Waals surface area contributed by atoms with Gasteiger partial charge in [0.2, 0.25) is 11.7 Å². The fourth-order valence-corrected chi connectivity index (χ4v) is 5.77. The van der Waals surface area contributed by atoms with Gasteiger partial charge in [0, 0.05) is 16.3 Å². The normalized spacial score (nSPS) is 14.5. The Kier molecular flexibility index (Phi) is 6.89. The first-order valence-corrected chi connectivity index (χ1v) is 13.8. The molecule has 1 aliphatic carbocycles. The molecule has 5 aromatic rings. The molecule has 0 spiro atoms. The Labute approximate surface area is 228 Å². The van der Waals surface area contributed by atoms with Gasteiger partial charge in [-0.1, -0.05) is 37.1 Å². The van der Waals surface area contributed by atoms with Gasteiger partial charge in [0.1, 0.15) is 18.3 Å². The van der Waals surface area contributed by atoms with E-state index in [4.69, 9.17) is 4.42 Å². The van der Waals surface area contributed by atoms with Gasteiger partial charge in [-0.2, -0.15) is 4.80 Å². The Balaban J connectivity index is 1.38. The number of carbonyl (C=O) groups is 2. The van der Waals surface area contributed by atoms with Crippen molar-refractivity contribution in [3.63, 3.8) is 0 Å². The number of aryl methyl sites for hydroxylation is 1. The molecule has 1 aliphatic rings. The molecule has 39 heavy (non-hydrogen) atoms. The van der Waals surface area contributed by atoms with Gasteiger partial charge in [-0.3, -0.25) is 19.5 Å². The van der Waals surface area contributed by atoms with Crippen LogP contribution in [0.1, 0.15) is 42.4 Å². The van der Waals surface area contributed by atoms with Crippen molar-refractivity contribution < 1.29 is 14.0 Å². The molecule has 4 aromatic heterocycles. The summed E-state index contributed by atoms with van der Waals surface area (Å²) in [5, 5.41) is 18.4. The molecule has 2 amide bonds. The first-order chi connectivity index (χ1) is 19.0. The minimum atomic E-state index is -0.878. The van der Waals surface area contributed by atoms with Crippen LogP contribution in [-0.4, -0.2) is 43.0 Å². The van der Waals surface area contributed by atoms with Crippen LogP contribution in [0.3, 0.4) is 0 Å². The van der Waals surface area contributed by atoms with E-state index in [-0.39, 0.29) is 30.2 Å². The molecule has 1 unspecified atom stereocenters. The Morgan fingerprint density at radius 3 is 2.77 bits per heavy atom. The second-order valence-corrected chi connectivity index (χ2v) is 10.6. The number of anilines is 1. The van der Waals surface area contributed by atoms with Gasteiger partial charge < -0.3 is 9.73 Å². The Bertz CT molecular complexity index is 1600. The molecule has 11 heteroatoms. The molecule has 4 heterocycles. The van der Waals surface area contributed by atoms with E-state index in [2.05, 4.69) is 25.7 Å². The van der Waals surface area contributed by atoms with Crippen LogP contribution in [0.25, 0.3) is 22.5 Å². The number of tetrazole rings is 1. The summed E-state index contributed by atoms with van der Waals surface area (Å²) in [6.45, 7) is 1.60. The maximum Gasteiger partial charge on any atom is 0.251 e. The highest BCUT2D eigenvalue weighted by atomic mass is 32.1. The van der Waals surface area contributed by atoms with Crippen LogP contribution in [0.4, 0.5) is 5.69 Å². The molecule has 198 valence electrons. The number of amides is 2. The lowest BCUT2D eigenvalue weighted by Gasteiger charge is -2.31. The number of hydrogen-bond donors (Lipinski definition) is 1. The average Bonchev–Trinajstić information content (AvgIpc) is 3.76. The average molecular weight is 542 g/mol. The van der Waals surface area contributed by atoms with Gasteiger partial charge in [-0.25, -0.2) is 0 Å². The first kappa shape index (κ1) is 24.9. The van der Waals surface area contributed by atoms with Gasteiger partial charge in [-0.05, 0) is 60.7 Å². The van der Waals surface area contributed by atoms with E-state index < -0.39 is 6.04 Å². The maximum atomic E-state index is 14.0. The predicted molar refractivity (Wildman–Crippen MR) is 147 cm³/mol. The van der Waals surface area contributed by atoms with Gasteiger partial charge in [0.15, 0.2) is 5.76 Å². The number of benzene rings is 1. The number of thiophene rings is 1. The largest absolute Gasteiger partial charge is 0.458 e. The van der Waals surface area contributed by atoms with Crippen LogP contribution in [0.5, 0.6) is 0 Å². The number of furan rings is 1. The second kappa shape index (κ2) is 10.8. The predicted octanol–water partition coefficient (Wildman–Crippen LogP) is 4.68. The smallest absolute Gasteiger partial charge is 0.251 e. The van der Waals surface area contributed by atoms with E-state index in [1.165, 1.54) is 21.0 Å². The third-order valence-electron chi connectivity index (χ3n) is 6.83. The quantitative estimate of drug-likeness (QED) is 0.303. The molecule has 0 bridgehead atoms. The summed E-state index contributed by atoms with van der Waals surface area (Å²) in [7, 11) is 0. The monoisotopic (exact) mass is 541 g/mol. The zero-order chi connectivity index (χ0) is 26.8. The summed E-state index contributed by atoms with van der Waals surface area (Å²) in [4.78, 5) is 36.0. The lowest BCUT2D eigenvalue weighted by atomic mass is 10.1. The van der Waals surface area contributed by atoms with Crippen LogP contribution in [0, 0.1) is 6.92 Å². The molecular formula is C28H27N7O3S. The van der Waals surface area contributed by atoms with E-state index in [1.807, 2.05) is 60.8 Å². The number of pyridine rings is 1. The minimum Gasteiger partial charge on any atom is -0.458 e. The van der Waals surface area contributed by atoms with Crippen molar-refractivity contribution in [1.29, 1.82) is 0 Å². The molecule has 1 fully saturated rings. The molecule has 10 nitrogen and oxygen atoms in total. The summed E-state index contributed by atoms with van der Waals surface area (Å²) in [5.74, 6) is 0.882. The highest BCUT2D eigenvalue weighted by Crippen LogP contribution is 2.33. The third kappa shape index (κ3) is 5.30. The zero-order valence-electron chi connectivity index (χ0n) is 21.4. The number of para-hydroxylation sites is 1. The van der Waals surface area contributed by atoms with Crippen molar-refractivity contribution in [2.24, 2.45) is 0 Å². The summed E-state index contributed by atoms with van der Waals surface area (Å²) in [6, 6.07) is 16.1. The Morgan fingerprint density at radius 2 is 2.00 bits per heavy atom. The van der Waals surface area contributed by atoms with Gasteiger partial charge in [0.05, 0.1) is 17.4 Å². The summed E-state index contributed by atoms with van der Waals surface area (Å²) in [5.41, 5.74) is 1.31. The summed E-state index contributed by atoms with van der Waals surface area (Å²) >= 11 is 1.43. The molecule has 1 aromatic carbocycles. The van der Waals surface area contributed by atoms with Crippen LogP contribution in [0.2, 0.25) is 0 Å². The lowest BCUT2D eigenvalue weighted by Crippen LogP contribution is -2.47. The molecular weight excluding hydrogens is 514 g/mol. The van der Waals surface area contributed by atoms with Crippen molar-refractivity contribution in [1.82, 2.24) is 30.5 Å². The number of fused-ring (bicyclic) bond motifs is 1. The van der Waals surface area contributed by atoms with E-state index in [1.54, 1.807) is 12.3 Å². The standard InChI is InChI=1S/C28H27N7O3S/c1-18-12-13-23(38-18)27-31-33-34(32-27)17-25(36)35(21-15-19-7-2-5-10-22(19)29-16-21)26(24-11-6-14-39-24)28(37)30-20-8-3-4-9-20/h2,5-7,10-16,20,26H,3-4,8-9,17H2,1H3,(H,30,37). The fraction of sp³-hybridized carbons (Fsp3) is 0.286. The highest BCUT2D eigenvalue weighted by Gasteiger charge is 2.35. The molecule has 0 aliphatic heterocycles. The zero-order valence-corrected chi connectivity index (χ0v) is 22.2. The van der Waals surface area contributed by atoms with Crippen molar-refractivity contribution >= 4 is 39.7 Å². The number of rotatable bonds is 8. The van der Waals surface area contributed by atoms with Crippen LogP contribution < -0.4 is 10.2 Å². The van der Waals surface area contributed by atoms with Crippen molar-refractivity contribution in [2.75, 3.05) is 4.90 Å². The second-order valence-electron chi connectivity index (χ2n) is 9.61. The van der Waals surface area contributed by atoms with E-state index >= 15 is 0 Å². The number of carbonyl (C=O) groups excluding carboxylic acids is 2. The van der Waals surface area contributed by atoms with Crippen LogP contribution in [-0.2, 0) is 16.1 Å². The molecule has 0 radical (unpaired) electrons. The van der Waals surface area contributed by atoms with Crippen molar-refractivity contribution in [3.05, 3.63) is 76.8 Å². The third-order valence-corrected chi connectivity index (χ3v) is 7.76. The SMILES string of the molecule is Cc1ccc(-c2nnn(CC(=O)N(c3cnc4ccccc4c3)C(C(=O)NC3CCCC3)c3cccs3)n2)o1. The summed E-state index contributed by atoms with van der Waals surface area (Å²) < 4.78 is 5.59. The molecule has 1 saturated carbocycles. The summed E-state index contributed by atoms with van der Waals surface area (Å²) in [6.07, 6.45) is 5.68. The van der Waals surface area contributed by atoms with Crippen LogP contribution >= 0.6 is 11.3 Å². The van der Waals surface area contributed by atoms with E-state index in [9.17, 15) is 9.59 Å². The Hall–Kier alpha value is -4.38.